The van der Waals surface area contributed by atoms with Gasteiger partial charge >= 0.3 is 0 Å². The maximum absolute atomic E-state index is 13.2. The molecule has 7 nitrogen and oxygen atoms in total. The summed E-state index contributed by atoms with van der Waals surface area (Å²) in [4.78, 5) is 22.2. The van der Waals surface area contributed by atoms with Gasteiger partial charge in [-0.1, -0.05) is 50.2 Å². The lowest BCUT2D eigenvalue weighted by Crippen LogP contribution is -2.18. The van der Waals surface area contributed by atoms with Crippen molar-refractivity contribution in [1.29, 1.82) is 0 Å². The highest BCUT2D eigenvalue weighted by atomic mass is 16.5. The molecule has 224 valence electrons. The van der Waals surface area contributed by atoms with Gasteiger partial charge in [-0.2, -0.15) is 0 Å². The SMILES string of the molecule is COc1ccc(C(C)(C)c2ccc(Oc3ccc(C(=O)c4ccc(Oc5nc6ccccc6nc5OC)cc4)cc3)cc2)cc1. The van der Waals surface area contributed by atoms with E-state index in [9.17, 15) is 4.79 Å². The molecule has 6 rings (SSSR count). The molecule has 0 fully saturated rings. The van der Waals surface area contributed by atoms with Crippen molar-refractivity contribution in [3.63, 3.8) is 0 Å². The van der Waals surface area contributed by atoms with Crippen molar-refractivity contribution >= 4 is 16.8 Å². The molecule has 0 aliphatic heterocycles. The van der Waals surface area contributed by atoms with E-state index in [0.29, 0.717) is 39.4 Å². The van der Waals surface area contributed by atoms with Crippen LogP contribution in [0.3, 0.4) is 0 Å². The van der Waals surface area contributed by atoms with Crippen LogP contribution in [0, 0.1) is 0 Å². The van der Waals surface area contributed by atoms with Crippen molar-refractivity contribution in [2.75, 3.05) is 14.2 Å². The van der Waals surface area contributed by atoms with E-state index >= 15 is 0 Å². The number of para-hydroxylation sites is 2. The van der Waals surface area contributed by atoms with E-state index in [2.05, 4.69) is 48.1 Å². The number of carbonyl (C=O) groups is 1. The topological polar surface area (TPSA) is 79.8 Å². The zero-order valence-electron chi connectivity index (χ0n) is 25.5. The number of hydrogen-bond donors (Lipinski definition) is 0. The molecule has 0 atom stereocenters. The first-order valence-electron chi connectivity index (χ1n) is 14.5. The lowest BCUT2D eigenvalue weighted by atomic mass is 9.78. The van der Waals surface area contributed by atoms with Gasteiger partial charge in [0.2, 0.25) is 0 Å². The maximum Gasteiger partial charge on any atom is 0.284 e. The summed E-state index contributed by atoms with van der Waals surface area (Å²) in [5.74, 6) is 3.13. The first-order chi connectivity index (χ1) is 21.8. The van der Waals surface area contributed by atoms with Crippen LogP contribution < -0.4 is 18.9 Å². The Morgan fingerprint density at radius 3 is 1.40 bits per heavy atom. The lowest BCUT2D eigenvalue weighted by molar-refractivity contribution is 0.103. The Hall–Kier alpha value is -5.69. The molecule has 0 aliphatic rings. The third-order valence-corrected chi connectivity index (χ3v) is 7.77. The summed E-state index contributed by atoms with van der Waals surface area (Å²) >= 11 is 0. The number of aromatic nitrogens is 2. The molecule has 0 amide bonds. The molecule has 0 saturated carbocycles. The van der Waals surface area contributed by atoms with E-state index in [1.165, 1.54) is 18.2 Å². The van der Waals surface area contributed by atoms with Crippen molar-refractivity contribution in [1.82, 2.24) is 9.97 Å². The molecule has 0 unspecified atom stereocenters. The molecular weight excluding hydrogens is 564 g/mol. The quantitative estimate of drug-likeness (QED) is 0.146. The highest BCUT2D eigenvalue weighted by molar-refractivity contribution is 6.09. The highest BCUT2D eigenvalue weighted by Crippen LogP contribution is 2.34. The summed E-state index contributed by atoms with van der Waals surface area (Å²) in [6, 6.07) is 37.7. The van der Waals surface area contributed by atoms with Gasteiger partial charge in [0.25, 0.3) is 11.8 Å². The van der Waals surface area contributed by atoms with Crippen LogP contribution in [-0.4, -0.2) is 30.0 Å². The molecule has 7 heteroatoms. The van der Waals surface area contributed by atoms with Crippen LogP contribution in [0.2, 0.25) is 0 Å². The summed E-state index contributed by atoms with van der Waals surface area (Å²) in [7, 11) is 3.19. The monoisotopic (exact) mass is 596 g/mol. The van der Waals surface area contributed by atoms with Crippen LogP contribution >= 0.6 is 0 Å². The standard InChI is InChI=1S/C38H32N2O5/c1-38(2,27-13-21-29(42-3)22-14-27)28-15-23-31(24-16-28)44-30-17-9-25(10-18-30)35(41)26-11-19-32(20-12-26)45-37-36(43-4)39-33-7-5-6-8-34(33)40-37/h5-24H,1-4H3. The smallest absolute Gasteiger partial charge is 0.284 e. The fourth-order valence-electron chi connectivity index (χ4n) is 5.04. The van der Waals surface area contributed by atoms with Gasteiger partial charge in [-0.25, -0.2) is 9.97 Å². The number of ketones is 1. The van der Waals surface area contributed by atoms with Gasteiger partial charge < -0.3 is 18.9 Å². The Labute approximate surface area is 262 Å². The number of fused-ring (bicyclic) bond motifs is 1. The fourth-order valence-corrected chi connectivity index (χ4v) is 5.04. The Balaban J connectivity index is 1.10. The van der Waals surface area contributed by atoms with Gasteiger partial charge in [0.1, 0.15) is 23.0 Å². The minimum Gasteiger partial charge on any atom is -0.497 e. The van der Waals surface area contributed by atoms with Crippen LogP contribution in [0.4, 0.5) is 0 Å². The summed E-state index contributed by atoms with van der Waals surface area (Å²) in [5.41, 5.74) is 4.66. The van der Waals surface area contributed by atoms with E-state index in [0.717, 1.165) is 5.75 Å². The third-order valence-electron chi connectivity index (χ3n) is 7.77. The summed E-state index contributed by atoms with van der Waals surface area (Å²) in [5, 5.41) is 0. The molecule has 0 spiro atoms. The van der Waals surface area contributed by atoms with E-state index < -0.39 is 0 Å². The van der Waals surface area contributed by atoms with Gasteiger partial charge in [-0.3, -0.25) is 4.79 Å². The van der Waals surface area contributed by atoms with Gasteiger partial charge in [0.05, 0.1) is 25.3 Å². The first-order valence-corrected chi connectivity index (χ1v) is 14.5. The van der Waals surface area contributed by atoms with E-state index in [-0.39, 0.29) is 23.0 Å². The first kappa shape index (κ1) is 29.4. The second-order valence-electron chi connectivity index (χ2n) is 11.0. The number of methoxy groups -OCH3 is 2. The minimum absolute atomic E-state index is 0.110. The molecule has 6 aromatic rings. The molecule has 0 radical (unpaired) electrons. The van der Waals surface area contributed by atoms with E-state index in [1.54, 1.807) is 55.6 Å². The van der Waals surface area contributed by atoms with E-state index in [1.807, 2.05) is 48.5 Å². The molecule has 45 heavy (non-hydrogen) atoms. The zero-order valence-corrected chi connectivity index (χ0v) is 25.5. The van der Waals surface area contributed by atoms with Crippen LogP contribution in [0.1, 0.15) is 40.9 Å². The number of nitrogens with zero attached hydrogens (tertiary/aromatic N) is 2. The molecule has 1 aromatic heterocycles. The zero-order chi connectivity index (χ0) is 31.4. The predicted molar refractivity (Wildman–Crippen MR) is 174 cm³/mol. The molecule has 0 aliphatic carbocycles. The molecular formula is C38H32N2O5. The van der Waals surface area contributed by atoms with Crippen molar-refractivity contribution in [2.45, 2.75) is 19.3 Å². The molecule has 0 bridgehead atoms. The van der Waals surface area contributed by atoms with Crippen LogP contribution in [-0.2, 0) is 5.41 Å². The fraction of sp³-hybridized carbons (Fsp3) is 0.132. The molecule has 5 aromatic carbocycles. The summed E-state index contributed by atoms with van der Waals surface area (Å²) in [6.45, 7) is 4.38. The van der Waals surface area contributed by atoms with Crippen LogP contribution in [0.5, 0.6) is 34.8 Å². The second-order valence-corrected chi connectivity index (χ2v) is 11.0. The Bertz CT molecular complexity index is 1930. The van der Waals surface area contributed by atoms with Gasteiger partial charge in [-0.05, 0) is 96.1 Å². The molecule has 0 saturated heterocycles. The molecule has 0 N–H and O–H groups in total. The van der Waals surface area contributed by atoms with Crippen molar-refractivity contribution < 1.29 is 23.7 Å². The van der Waals surface area contributed by atoms with Gasteiger partial charge in [0.15, 0.2) is 5.78 Å². The van der Waals surface area contributed by atoms with Crippen LogP contribution in [0.15, 0.2) is 121 Å². The van der Waals surface area contributed by atoms with Crippen molar-refractivity contribution in [3.8, 4) is 34.8 Å². The predicted octanol–water partition coefficient (Wildman–Crippen LogP) is 8.79. The van der Waals surface area contributed by atoms with Crippen LogP contribution in [0.25, 0.3) is 11.0 Å². The number of carbonyl (C=O) groups excluding carboxylic acids is 1. The number of benzene rings is 5. The van der Waals surface area contributed by atoms with Crippen molar-refractivity contribution in [3.05, 3.63) is 144 Å². The Morgan fingerprint density at radius 1 is 0.511 bits per heavy atom. The molecule has 1 heterocycles. The maximum atomic E-state index is 13.2. The number of rotatable bonds is 10. The highest BCUT2D eigenvalue weighted by Gasteiger charge is 2.23. The summed E-state index contributed by atoms with van der Waals surface area (Å²) in [6.07, 6.45) is 0. The van der Waals surface area contributed by atoms with Crippen molar-refractivity contribution in [2.24, 2.45) is 0 Å². The van der Waals surface area contributed by atoms with E-state index in [4.69, 9.17) is 18.9 Å². The normalized spacial score (nSPS) is 11.2. The minimum atomic E-state index is -0.186. The second kappa shape index (κ2) is 12.5. The third kappa shape index (κ3) is 6.33. The van der Waals surface area contributed by atoms with Gasteiger partial charge in [-0.15, -0.1) is 0 Å². The number of ether oxygens (including phenoxy) is 4. The van der Waals surface area contributed by atoms with Gasteiger partial charge in [0, 0.05) is 16.5 Å². The largest absolute Gasteiger partial charge is 0.497 e. The Kier molecular flexibility index (Phi) is 8.16. The average Bonchev–Trinajstić information content (AvgIpc) is 3.08. The number of hydrogen-bond acceptors (Lipinski definition) is 7. The average molecular weight is 597 g/mol. The lowest BCUT2D eigenvalue weighted by Gasteiger charge is -2.26. The Morgan fingerprint density at radius 2 is 0.933 bits per heavy atom. The summed E-state index contributed by atoms with van der Waals surface area (Å²) < 4.78 is 22.7.